The number of benzene rings is 1. The number of hydrogen-bond acceptors (Lipinski definition) is 7. The van der Waals surface area contributed by atoms with E-state index in [-0.39, 0.29) is 23.5 Å². The molecular formula is C20H21N7O2. The number of aromatic nitrogens is 3. The average molecular weight is 391 g/mol. The first-order chi connectivity index (χ1) is 14.0. The standard InChI is InChI=1S/C20H21N7O2/c1-12(28)27-8-6-15(11-27)24-17-10-23-18(19(21)29)20(26-17)25-14-4-5-16-13(9-14)3-2-7-22-16/h2-5,7,9-10,15H,6,8,11H2,1H3,(H2,21,29)(H2,24,25,26)/t15-/m1/s1. The van der Waals surface area contributed by atoms with E-state index in [9.17, 15) is 9.59 Å². The van der Waals surface area contributed by atoms with Gasteiger partial charge in [0.25, 0.3) is 5.91 Å². The molecule has 1 saturated heterocycles. The highest BCUT2D eigenvalue weighted by Gasteiger charge is 2.24. The number of primary amides is 1. The van der Waals surface area contributed by atoms with Crippen molar-refractivity contribution < 1.29 is 9.59 Å². The summed E-state index contributed by atoms with van der Waals surface area (Å²) in [7, 11) is 0. The molecular weight excluding hydrogens is 370 g/mol. The van der Waals surface area contributed by atoms with Gasteiger partial charge in [-0.3, -0.25) is 14.6 Å². The van der Waals surface area contributed by atoms with Crippen molar-refractivity contribution in [1.82, 2.24) is 19.9 Å². The van der Waals surface area contributed by atoms with Crippen molar-refractivity contribution in [2.75, 3.05) is 23.7 Å². The summed E-state index contributed by atoms with van der Waals surface area (Å²) in [5.74, 6) is 0.165. The van der Waals surface area contributed by atoms with Crippen LogP contribution in [-0.4, -0.2) is 50.8 Å². The second-order valence-corrected chi connectivity index (χ2v) is 6.95. The molecule has 9 nitrogen and oxygen atoms in total. The van der Waals surface area contributed by atoms with Gasteiger partial charge in [0, 0.05) is 43.3 Å². The van der Waals surface area contributed by atoms with Crippen molar-refractivity contribution in [3.63, 3.8) is 0 Å². The van der Waals surface area contributed by atoms with E-state index >= 15 is 0 Å². The SMILES string of the molecule is CC(=O)N1CC[C@@H](Nc2cnc(C(N)=O)c(Nc3ccc4ncccc4c3)n2)C1. The number of fused-ring (bicyclic) bond motifs is 1. The quantitative estimate of drug-likeness (QED) is 0.606. The van der Waals surface area contributed by atoms with Gasteiger partial charge >= 0.3 is 0 Å². The van der Waals surface area contributed by atoms with Gasteiger partial charge in [0.2, 0.25) is 5.91 Å². The third kappa shape index (κ3) is 4.08. The number of nitrogens with two attached hydrogens (primary N) is 1. The van der Waals surface area contributed by atoms with Crippen LogP contribution in [0.15, 0.2) is 42.7 Å². The lowest BCUT2D eigenvalue weighted by Gasteiger charge is -2.16. The Labute approximate surface area is 167 Å². The van der Waals surface area contributed by atoms with E-state index in [4.69, 9.17) is 5.73 Å². The average Bonchev–Trinajstić information content (AvgIpc) is 3.17. The highest BCUT2D eigenvalue weighted by Crippen LogP contribution is 2.23. The molecule has 0 bridgehead atoms. The maximum Gasteiger partial charge on any atom is 0.271 e. The topological polar surface area (TPSA) is 126 Å². The fraction of sp³-hybridized carbons (Fsp3) is 0.250. The summed E-state index contributed by atoms with van der Waals surface area (Å²) < 4.78 is 0. The molecule has 4 N–H and O–H groups in total. The number of carbonyl (C=O) groups excluding carboxylic acids is 2. The van der Waals surface area contributed by atoms with E-state index in [2.05, 4.69) is 25.6 Å². The Morgan fingerprint density at radius 3 is 2.86 bits per heavy atom. The van der Waals surface area contributed by atoms with Gasteiger partial charge in [0.05, 0.1) is 11.7 Å². The largest absolute Gasteiger partial charge is 0.364 e. The number of pyridine rings is 1. The first kappa shape index (κ1) is 18.6. The molecule has 148 valence electrons. The lowest BCUT2D eigenvalue weighted by atomic mass is 10.2. The summed E-state index contributed by atoms with van der Waals surface area (Å²) in [6, 6.07) is 9.53. The summed E-state index contributed by atoms with van der Waals surface area (Å²) in [5, 5.41) is 7.36. The van der Waals surface area contributed by atoms with Crippen molar-refractivity contribution in [2.24, 2.45) is 5.73 Å². The van der Waals surface area contributed by atoms with Gasteiger partial charge in [-0.2, -0.15) is 0 Å². The predicted molar refractivity (Wildman–Crippen MR) is 110 cm³/mol. The molecule has 0 radical (unpaired) electrons. The molecule has 9 heteroatoms. The van der Waals surface area contributed by atoms with Crippen LogP contribution in [0, 0.1) is 0 Å². The Morgan fingerprint density at radius 2 is 2.10 bits per heavy atom. The molecule has 1 atom stereocenters. The highest BCUT2D eigenvalue weighted by molar-refractivity contribution is 5.96. The normalized spacial score (nSPS) is 16.0. The van der Waals surface area contributed by atoms with Crippen molar-refractivity contribution in [1.29, 1.82) is 0 Å². The Morgan fingerprint density at radius 1 is 1.24 bits per heavy atom. The van der Waals surface area contributed by atoms with Gasteiger partial charge < -0.3 is 21.3 Å². The number of anilines is 3. The highest BCUT2D eigenvalue weighted by atomic mass is 16.2. The second-order valence-electron chi connectivity index (χ2n) is 6.95. The van der Waals surface area contributed by atoms with Gasteiger partial charge in [0.1, 0.15) is 5.82 Å². The molecule has 0 spiro atoms. The van der Waals surface area contributed by atoms with Crippen LogP contribution >= 0.6 is 0 Å². The molecule has 4 rings (SSSR count). The van der Waals surface area contributed by atoms with Crippen molar-refractivity contribution >= 4 is 40.0 Å². The molecule has 0 unspecified atom stereocenters. The van der Waals surface area contributed by atoms with Gasteiger partial charge in [-0.05, 0) is 30.7 Å². The minimum absolute atomic E-state index is 0.0533. The van der Waals surface area contributed by atoms with Crippen LogP contribution in [0.2, 0.25) is 0 Å². The number of rotatable bonds is 5. The van der Waals surface area contributed by atoms with Gasteiger partial charge in [-0.1, -0.05) is 6.07 Å². The van der Waals surface area contributed by atoms with Crippen LogP contribution in [0.1, 0.15) is 23.8 Å². The smallest absolute Gasteiger partial charge is 0.271 e. The molecule has 3 heterocycles. The molecule has 1 fully saturated rings. The van der Waals surface area contributed by atoms with Crippen LogP contribution in [-0.2, 0) is 4.79 Å². The summed E-state index contributed by atoms with van der Waals surface area (Å²) in [5.41, 5.74) is 7.13. The van der Waals surface area contributed by atoms with Crippen LogP contribution in [0.25, 0.3) is 10.9 Å². The van der Waals surface area contributed by atoms with Gasteiger partial charge in [-0.15, -0.1) is 0 Å². The number of hydrogen-bond donors (Lipinski definition) is 3. The maximum absolute atomic E-state index is 11.8. The molecule has 2 aromatic heterocycles. The lowest BCUT2D eigenvalue weighted by Crippen LogP contribution is -2.30. The third-order valence-corrected chi connectivity index (χ3v) is 4.86. The van der Waals surface area contributed by atoms with Crippen molar-refractivity contribution in [2.45, 2.75) is 19.4 Å². The molecule has 29 heavy (non-hydrogen) atoms. The molecule has 2 amide bonds. The van der Waals surface area contributed by atoms with E-state index in [1.807, 2.05) is 30.3 Å². The maximum atomic E-state index is 11.8. The summed E-state index contributed by atoms with van der Waals surface area (Å²) in [6.07, 6.45) is 4.03. The summed E-state index contributed by atoms with van der Waals surface area (Å²) in [4.78, 5) is 38.1. The number of nitrogens with one attached hydrogen (secondary N) is 2. The number of amides is 2. The number of nitrogens with zero attached hydrogens (tertiary/aromatic N) is 4. The first-order valence-electron chi connectivity index (χ1n) is 9.30. The minimum Gasteiger partial charge on any atom is -0.364 e. The Kier molecular flexibility index (Phi) is 4.94. The molecule has 1 aromatic carbocycles. The van der Waals surface area contributed by atoms with E-state index in [1.54, 1.807) is 18.0 Å². The third-order valence-electron chi connectivity index (χ3n) is 4.86. The molecule has 0 aliphatic carbocycles. The lowest BCUT2D eigenvalue weighted by molar-refractivity contribution is -0.127. The van der Waals surface area contributed by atoms with E-state index in [1.165, 1.54) is 6.20 Å². The van der Waals surface area contributed by atoms with Crippen LogP contribution in [0.3, 0.4) is 0 Å². The Hall–Kier alpha value is -3.75. The second kappa shape index (κ2) is 7.70. The fourth-order valence-electron chi connectivity index (χ4n) is 3.39. The van der Waals surface area contributed by atoms with Crippen molar-refractivity contribution in [3.8, 4) is 0 Å². The Bertz CT molecular complexity index is 1090. The summed E-state index contributed by atoms with van der Waals surface area (Å²) in [6.45, 7) is 2.87. The molecule has 1 aliphatic rings. The van der Waals surface area contributed by atoms with Crippen LogP contribution in [0.4, 0.5) is 17.3 Å². The van der Waals surface area contributed by atoms with E-state index in [0.29, 0.717) is 18.9 Å². The minimum atomic E-state index is -0.669. The van der Waals surface area contributed by atoms with Crippen molar-refractivity contribution in [3.05, 3.63) is 48.4 Å². The Balaban J connectivity index is 1.58. The number of likely N-dealkylation sites (tertiary alicyclic amines) is 1. The number of carbonyl (C=O) groups is 2. The van der Waals surface area contributed by atoms with Crippen LogP contribution in [0.5, 0.6) is 0 Å². The zero-order chi connectivity index (χ0) is 20.4. The van der Waals surface area contributed by atoms with Gasteiger partial charge in [0.15, 0.2) is 11.5 Å². The monoisotopic (exact) mass is 391 g/mol. The molecule has 1 aliphatic heterocycles. The van der Waals surface area contributed by atoms with E-state index < -0.39 is 5.91 Å². The fourth-order valence-corrected chi connectivity index (χ4v) is 3.39. The first-order valence-corrected chi connectivity index (χ1v) is 9.30. The molecule has 0 saturated carbocycles. The predicted octanol–water partition coefficient (Wildman–Crippen LogP) is 1.90. The zero-order valence-electron chi connectivity index (χ0n) is 15.9. The van der Waals surface area contributed by atoms with Gasteiger partial charge in [-0.25, -0.2) is 9.97 Å². The van der Waals surface area contributed by atoms with E-state index in [0.717, 1.165) is 23.0 Å². The van der Waals surface area contributed by atoms with Crippen LogP contribution < -0.4 is 16.4 Å². The summed E-state index contributed by atoms with van der Waals surface area (Å²) >= 11 is 0. The molecule has 3 aromatic rings. The zero-order valence-corrected chi connectivity index (χ0v) is 15.9.